The van der Waals surface area contributed by atoms with Gasteiger partial charge in [0.25, 0.3) is 0 Å². The second kappa shape index (κ2) is 12.2. The molecule has 3 N–H and O–H groups in total. The number of para-hydroxylation sites is 1. The smallest absolute Gasteiger partial charge is 0.247 e. The third-order valence-corrected chi connectivity index (χ3v) is 8.35. The Hall–Kier alpha value is -4.11. The number of benzene rings is 2. The molecule has 0 saturated carbocycles. The Bertz CT molecular complexity index is 1430. The van der Waals surface area contributed by atoms with E-state index in [9.17, 15) is 14.4 Å². The van der Waals surface area contributed by atoms with Gasteiger partial charge >= 0.3 is 0 Å². The number of H-pyrrole nitrogens is 1. The number of aromatic nitrogens is 1. The van der Waals surface area contributed by atoms with E-state index in [1.54, 1.807) is 17.2 Å². The topological polar surface area (TPSA) is 107 Å². The maximum atomic E-state index is 14.2. The zero-order chi connectivity index (χ0) is 29.1. The number of rotatable bonds is 6. The highest BCUT2D eigenvalue weighted by atomic mass is 16.5. The number of aromatic amines is 1. The summed E-state index contributed by atoms with van der Waals surface area (Å²) in [5.41, 5.74) is 2.96. The van der Waals surface area contributed by atoms with E-state index in [-0.39, 0.29) is 23.6 Å². The lowest BCUT2D eigenvalue weighted by molar-refractivity contribution is -0.144. The summed E-state index contributed by atoms with van der Waals surface area (Å²) in [5.74, 6) is -0.308. The molecule has 3 aliphatic heterocycles. The Morgan fingerprint density at radius 3 is 2.59 bits per heavy atom. The van der Waals surface area contributed by atoms with Crippen molar-refractivity contribution in [2.45, 2.75) is 57.3 Å². The lowest BCUT2D eigenvalue weighted by Crippen LogP contribution is -2.59. The quantitative estimate of drug-likeness (QED) is 0.431. The van der Waals surface area contributed by atoms with E-state index < -0.39 is 24.2 Å². The number of nitrogens with one attached hydrogen (secondary N) is 3. The number of fused-ring (bicyclic) bond motifs is 8. The van der Waals surface area contributed by atoms with Crippen LogP contribution in [-0.2, 0) is 20.8 Å². The predicted octanol–water partition coefficient (Wildman–Crippen LogP) is 3.32. The zero-order valence-corrected chi connectivity index (χ0v) is 24.1. The third kappa shape index (κ3) is 6.00. The van der Waals surface area contributed by atoms with E-state index in [0.29, 0.717) is 31.6 Å². The van der Waals surface area contributed by atoms with Crippen molar-refractivity contribution >= 4 is 34.7 Å². The van der Waals surface area contributed by atoms with Crippen molar-refractivity contribution in [2.75, 3.05) is 20.6 Å². The van der Waals surface area contributed by atoms with Crippen LogP contribution >= 0.6 is 0 Å². The minimum atomic E-state index is -0.884. The summed E-state index contributed by atoms with van der Waals surface area (Å²) in [5, 5.41) is 6.87. The molecule has 0 aliphatic carbocycles. The Kier molecular flexibility index (Phi) is 8.44. The summed E-state index contributed by atoms with van der Waals surface area (Å²) in [6.45, 7) is 4.29. The first-order valence-electron chi connectivity index (χ1n) is 14.3. The minimum absolute atomic E-state index is 0.111. The highest BCUT2D eigenvalue weighted by Crippen LogP contribution is 2.28. The summed E-state index contributed by atoms with van der Waals surface area (Å²) in [6, 6.07) is 13.4. The van der Waals surface area contributed by atoms with Gasteiger partial charge in [-0.25, -0.2) is 0 Å². The van der Waals surface area contributed by atoms with Crippen LogP contribution in [0.2, 0.25) is 0 Å². The van der Waals surface area contributed by atoms with Crippen molar-refractivity contribution in [1.82, 2.24) is 25.4 Å². The average Bonchev–Trinajstić information content (AvgIpc) is 3.58. The van der Waals surface area contributed by atoms with Crippen LogP contribution in [0.5, 0.6) is 5.75 Å². The molecular weight excluding hydrogens is 518 g/mol. The Balaban J connectivity index is 1.47. The fraction of sp³-hybridized carbons (Fsp3) is 0.406. The molecule has 5 atom stereocenters. The number of carbonyl (C=O) groups is 3. The van der Waals surface area contributed by atoms with Gasteiger partial charge in [0.05, 0.1) is 6.04 Å². The average molecular weight is 558 g/mol. The molecule has 2 bridgehead atoms. The SMILES string of the molecule is CCC(C)[C@@H]1NC(=O)[C@@H]2[C@H](CCN2C(=O)[C@H](Cc2c[nH]c3ccccc23)N(C)C)Oc2ccc(cc2)/C=C\NC1=O. The van der Waals surface area contributed by atoms with E-state index in [4.69, 9.17) is 4.74 Å². The maximum Gasteiger partial charge on any atom is 0.247 e. The number of hydrogen-bond acceptors (Lipinski definition) is 5. The van der Waals surface area contributed by atoms with Gasteiger partial charge < -0.3 is 25.3 Å². The summed E-state index contributed by atoms with van der Waals surface area (Å²) in [6.07, 6.45) is 6.47. The molecular formula is C32H39N5O4. The summed E-state index contributed by atoms with van der Waals surface area (Å²) < 4.78 is 6.34. The maximum absolute atomic E-state index is 14.2. The largest absolute Gasteiger partial charge is 0.488 e. The molecule has 0 radical (unpaired) electrons. The van der Waals surface area contributed by atoms with Crippen LogP contribution in [0.15, 0.2) is 60.9 Å². The number of likely N-dealkylation sites (N-methyl/N-ethyl adjacent to an activating group) is 1. The van der Waals surface area contributed by atoms with Gasteiger partial charge in [0.2, 0.25) is 17.7 Å². The highest BCUT2D eigenvalue weighted by molar-refractivity contribution is 5.95. The monoisotopic (exact) mass is 557 g/mol. The van der Waals surface area contributed by atoms with E-state index >= 15 is 0 Å². The molecule has 3 aromatic rings. The van der Waals surface area contributed by atoms with Crippen LogP contribution in [0.25, 0.3) is 17.0 Å². The van der Waals surface area contributed by atoms with Crippen LogP contribution in [-0.4, -0.2) is 77.4 Å². The van der Waals surface area contributed by atoms with Crippen molar-refractivity contribution in [3.63, 3.8) is 0 Å². The predicted molar refractivity (Wildman–Crippen MR) is 159 cm³/mol. The number of carbonyl (C=O) groups excluding carboxylic acids is 3. The van der Waals surface area contributed by atoms with Gasteiger partial charge in [-0.15, -0.1) is 0 Å². The zero-order valence-electron chi connectivity index (χ0n) is 24.1. The summed E-state index contributed by atoms with van der Waals surface area (Å²) in [4.78, 5) is 48.2. The molecule has 216 valence electrons. The Labute approximate surface area is 240 Å². The first-order chi connectivity index (χ1) is 19.8. The molecule has 9 nitrogen and oxygen atoms in total. The van der Waals surface area contributed by atoms with Crippen LogP contribution in [0, 0.1) is 5.92 Å². The van der Waals surface area contributed by atoms with Crippen molar-refractivity contribution in [3.05, 3.63) is 72.1 Å². The van der Waals surface area contributed by atoms with Crippen molar-refractivity contribution in [3.8, 4) is 5.75 Å². The highest BCUT2D eigenvalue weighted by Gasteiger charge is 2.46. The first-order valence-corrected chi connectivity index (χ1v) is 14.3. The molecule has 1 aromatic heterocycles. The molecule has 41 heavy (non-hydrogen) atoms. The van der Waals surface area contributed by atoms with Gasteiger partial charge in [0, 0.05) is 36.3 Å². The molecule has 1 saturated heterocycles. The van der Waals surface area contributed by atoms with E-state index in [1.165, 1.54) is 0 Å². The van der Waals surface area contributed by atoms with E-state index in [1.807, 2.05) is 87.6 Å². The van der Waals surface area contributed by atoms with Gasteiger partial charge in [-0.1, -0.05) is 50.6 Å². The molecule has 1 fully saturated rings. The van der Waals surface area contributed by atoms with Crippen LogP contribution < -0.4 is 15.4 Å². The normalized spacial score (nSPS) is 23.3. The van der Waals surface area contributed by atoms with Gasteiger partial charge in [-0.3, -0.25) is 19.3 Å². The summed E-state index contributed by atoms with van der Waals surface area (Å²) in [7, 11) is 3.76. The van der Waals surface area contributed by atoms with E-state index in [0.717, 1.165) is 22.0 Å². The minimum Gasteiger partial charge on any atom is -0.488 e. The van der Waals surface area contributed by atoms with Crippen LogP contribution in [0.1, 0.15) is 37.8 Å². The Morgan fingerprint density at radius 2 is 1.85 bits per heavy atom. The number of ether oxygens (including phenoxy) is 1. The lowest BCUT2D eigenvalue weighted by atomic mass is 9.97. The fourth-order valence-electron chi connectivity index (χ4n) is 5.72. The molecule has 2 aromatic carbocycles. The lowest BCUT2D eigenvalue weighted by Gasteiger charge is -2.34. The number of hydrogen-bond donors (Lipinski definition) is 3. The van der Waals surface area contributed by atoms with Gasteiger partial charge in [-0.05, 0) is 61.8 Å². The van der Waals surface area contributed by atoms with Crippen molar-refractivity contribution in [2.24, 2.45) is 5.92 Å². The fourth-order valence-corrected chi connectivity index (χ4v) is 5.72. The molecule has 0 spiro atoms. The molecule has 4 heterocycles. The van der Waals surface area contributed by atoms with Gasteiger partial charge in [-0.2, -0.15) is 0 Å². The molecule has 3 amide bonds. The molecule has 3 aliphatic rings. The third-order valence-electron chi connectivity index (χ3n) is 8.35. The van der Waals surface area contributed by atoms with Gasteiger partial charge in [0.15, 0.2) is 0 Å². The number of nitrogens with zero attached hydrogens (tertiary/aromatic N) is 2. The molecule has 1 unspecified atom stereocenters. The number of amides is 3. The molecule has 9 heteroatoms. The standard InChI is InChI=1S/C32H39N5O4/c1-5-20(2)28-30(38)33-16-14-21-10-12-23(13-11-21)41-27-15-17-37(29(27)31(39)35-28)32(40)26(36(3)4)18-22-19-34-25-9-7-6-8-24(22)25/h6-14,16,19-20,26-29,34H,5,15,17-18H2,1-4H3,(H,33,38)(H,35,39)/b16-14-/t20?,26-,27-,28-,29-/m0/s1. The second-order valence-corrected chi connectivity index (χ2v) is 11.2. The van der Waals surface area contributed by atoms with Crippen LogP contribution in [0.3, 0.4) is 0 Å². The second-order valence-electron chi connectivity index (χ2n) is 11.2. The van der Waals surface area contributed by atoms with Crippen LogP contribution in [0.4, 0.5) is 0 Å². The van der Waals surface area contributed by atoms with Gasteiger partial charge in [0.1, 0.15) is 23.9 Å². The number of likely N-dealkylation sites (tertiary alicyclic amines) is 1. The van der Waals surface area contributed by atoms with Crippen molar-refractivity contribution in [1.29, 1.82) is 0 Å². The van der Waals surface area contributed by atoms with Crippen molar-refractivity contribution < 1.29 is 19.1 Å². The molecule has 6 rings (SSSR count). The summed E-state index contributed by atoms with van der Waals surface area (Å²) >= 11 is 0. The first kappa shape index (κ1) is 28.4. The van der Waals surface area contributed by atoms with E-state index in [2.05, 4.69) is 15.6 Å². The Morgan fingerprint density at radius 1 is 1.10 bits per heavy atom.